The van der Waals surface area contributed by atoms with Crippen LogP contribution in [0, 0.1) is 0 Å². The summed E-state index contributed by atoms with van der Waals surface area (Å²) in [6, 6.07) is 6.91. The third-order valence-electron chi connectivity index (χ3n) is 3.47. The molecule has 5 heteroatoms. The van der Waals surface area contributed by atoms with Crippen molar-refractivity contribution in [2.24, 2.45) is 0 Å². The molecule has 0 radical (unpaired) electrons. The lowest BCUT2D eigenvalue weighted by atomic mass is 10.1. The molecule has 1 aromatic carbocycles. The van der Waals surface area contributed by atoms with Gasteiger partial charge in [0, 0.05) is 19.6 Å². The maximum atomic E-state index is 12.2. The fourth-order valence-electron chi connectivity index (χ4n) is 2.48. The molecule has 0 bridgehead atoms. The minimum Gasteiger partial charge on any atom is -0.395 e. The number of nitrogens with zero attached hydrogens (tertiary/aromatic N) is 2. The van der Waals surface area contributed by atoms with Crippen molar-refractivity contribution in [3.63, 3.8) is 0 Å². The molecule has 0 saturated heterocycles. The lowest BCUT2D eigenvalue weighted by Gasteiger charge is -2.23. The summed E-state index contributed by atoms with van der Waals surface area (Å²) in [6.07, 6.45) is 0.974. The van der Waals surface area contributed by atoms with E-state index >= 15 is 0 Å². The molecule has 108 valence electrons. The average Bonchev–Trinajstić information content (AvgIpc) is 2.70. The smallest absolute Gasteiger partial charge is 0.261 e. The maximum Gasteiger partial charge on any atom is 0.261 e. The van der Waals surface area contributed by atoms with Crippen LogP contribution in [0.2, 0.25) is 0 Å². The summed E-state index contributed by atoms with van der Waals surface area (Å²) in [6.45, 7) is 4.53. The molecule has 1 heterocycles. The van der Waals surface area contributed by atoms with Crippen LogP contribution in [0.3, 0.4) is 0 Å². The van der Waals surface area contributed by atoms with Crippen LogP contribution in [0.15, 0.2) is 24.3 Å². The quantitative estimate of drug-likeness (QED) is 0.754. The van der Waals surface area contributed by atoms with Crippen molar-refractivity contribution in [2.75, 3.05) is 32.8 Å². The Balaban J connectivity index is 2.01. The van der Waals surface area contributed by atoms with Crippen LogP contribution in [0.4, 0.5) is 0 Å². The predicted molar refractivity (Wildman–Crippen MR) is 75.6 cm³/mol. The molecule has 0 unspecified atom stereocenters. The minimum atomic E-state index is -0.217. The molecular formula is C15H20N2O3. The Morgan fingerprint density at radius 3 is 2.15 bits per heavy atom. The van der Waals surface area contributed by atoms with E-state index in [0.29, 0.717) is 30.8 Å². The third-order valence-corrected chi connectivity index (χ3v) is 3.47. The van der Waals surface area contributed by atoms with Gasteiger partial charge < -0.3 is 5.11 Å². The van der Waals surface area contributed by atoms with Crippen molar-refractivity contribution in [3.05, 3.63) is 35.4 Å². The summed E-state index contributed by atoms with van der Waals surface area (Å²) in [7, 11) is 0. The van der Waals surface area contributed by atoms with E-state index in [-0.39, 0.29) is 18.4 Å². The number of fused-ring (bicyclic) bond motifs is 1. The maximum absolute atomic E-state index is 12.2. The number of aliphatic hydroxyl groups excluding tert-OH is 1. The molecule has 20 heavy (non-hydrogen) atoms. The summed E-state index contributed by atoms with van der Waals surface area (Å²) in [5, 5.41) is 9.01. The molecule has 1 aliphatic heterocycles. The molecule has 2 amide bonds. The van der Waals surface area contributed by atoms with Crippen LogP contribution in [0.5, 0.6) is 0 Å². The first-order valence-electron chi connectivity index (χ1n) is 6.97. The van der Waals surface area contributed by atoms with Crippen LogP contribution in [-0.4, -0.2) is 59.5 Å². The van der Waals surface area contributed by atoms with Crippen LogP contribution in [0.1, 0.15) is 34.1 Å². The minimum absolute atomic E-state index is 0.0854. The molecule has 0 aromatic heterocycles. The van der Waals surface area contributed by atoms with Gasteiger partial charge in [0.2, 0.25) is 0 Å². The fraction of sp³-hybridized carbons (Fsp3) is 0.467. The Bertz CT molecular complexity index is 461. The van der Waals surface area contributed by atoms with Gasteiger partial charge in [0.25, 0.3) is 11.8 Å². The lowest BCUT2D eigenvalue weighted by molar-refractivity contribution is 0.0632. The molecule has 1 aromatic rings. The van der Waals surface area contributed by atoms with E-state index in [0.717, 1.165) is 13.0 Å². The zero-order valence-corrected chi connectivity index (χ0v) is 11.7. The van der Waals surface area contributed by atoms with Gasteiger partial charge >= 0.3 is 0 Å². The summed E-state index contributed by atoms with van der Waals surface area (Å²) in [5.41, 5.74) is 0.975. The number of benzene rings is 1. The van der Waals surface area contributed by atoms with Crippen molar-refractivity contribution in [2.45, 2.75) is 13.3 Å². The number of rotatable bonds is 7. The summed E-state index contributed by atoms with van der Waals surface area (Å²) >= 11 is 0. The zero-order valence-electron chi connectivity index (χ0n) is 11.7. The average molecular weight is 276 g/mol. The fourth-order valence-corrected chi connectivity index (χ4v) is 2.48. The van der Waals surface area contributed by atoms with E-state index < -0.39 is 0 Å². The Morgan fingerprint density at radius 2 is 1.65 bits per heavy atom. The second-order valence-corrected chi connectivity index (χ2v) is 4.87. The van der Waals surface area contributed by atoms with E-state index in [1.807, 2.05) is 0 Å². The Morgan fingerprint density at radius 1 is 1.05 bits per heavy atom. The van der Waals surface area contributed by atoms with Gasteiger partial charge in [-0.1, -0.05) is 19.1 Å². The number of aliphatic hydroxyl groups is 1. The highest BCUT2D eigenvalue weighted by Gasteiger charge is 2.34. The van der Waals surface area contributed by atoms with E-state index in [2.05, 4.69) is 11.8 Å². The van der Waals surface area contributed by atoms with E-state index in [1.165, 1.54) is 4.90 Å². The van der Waals surface area contributed by atoms with Crippen LogP contribution in [0.25, 0.3) is 0 Å². The van der Waals surface area contributed by atoms with Crippen molar-refractivity contribution < 1.29 is 14.7 Å². The SMILES string of the molecule is CCCN(CCO)CCN1C(=O)c2ccccc2C1=O. The summed E-state index contributed by atoms with van der Waals surface area (Å²) in [4.78, 5) is 27.7. The molecule has 1 aliphatic rings. The highest BCUT2D eigenvalue weighted by molar-refractivity contribution is 6.21. The first kappa shape index (κ1) is 14.7. The van der Waals surface area contributed by atoms with E-state index in [9.17, 15) is 9.59 Å². The number of imide groups is 1. The van der Waals surface area contributed by atoms with Gasteiger partial charge in [0.1, 0.15) is 0 Å². The predicted octanol–water partition coefficient (Wildman–Crippen LogP) is 0.987. The normalized spacial score (nSPS) is 14.2. The Hall–Kier alpha value is -1.72. The van der Waals surface area contributed by atoms with Crippen molar-refractivity contribution in [1.82, 2.24) is 9.80 Å². The van der Waals surface area contributed by atoms with Gasteiger partial charge in [-0.3, -0.25) is 19.4 Å². The molecule has 2 rings (SSSR count). The topological polar surface area (TPSA) is 60.9 Å². The van der Waals surface area contributed by atoms with Crippen molar-refractivity contribution >= 4 is 11.8 Å². The van der Waals surface area contributed by atoms with Crippen LogP contribution in [-0.2, 0) is 0 Å². The highest BCUT2D eigenvalue weighted by atomic mass is 16.3. The van der Waals surface area contributed by atoms with E-state index in [1.54, 1.807) is 24.3 Å². The van der Waals surface area contributed by atoms with Gasteiger partial charge in [-0.05, 0) is 25.1 Å². The molecule has 1 N–H and O–H groups in total. The standard InChI is InChI=1S/C15H20N2O3/c1-2-7-16(10-11-18)8-9-17-14(19)12-5-3-4-6-13(12)15(17)20/h3-6,18H,2,7-11H2,1H3. The summed E-state index contributed by atoms with van der Waals surface area (Å²) in [5.74, 6) is -0.433. The molecule has 5 nitrogen and oxygen atoms in total. The molecular weight excluding hydrogens is 256 g/mol. The van der Waals surface area contributed by atoms with Gasteiger partial charge in [-0.25, -0.2) is 0 Å². The van der Waals surface area contributed by atoms with Gasteiger partial charge in [-0.15, -0.1) is 0 Å². The van der Waals surface area contributed by atoms with Crippen LogP contribution >= 0.6 is 0 Å². The number of amides is 2. The van der Waals surface area contributed by atoms with Gasteiger partial charge in [0.05, 0.1) is 17.7 Å². The van der Waals surface area contributed by atoms with Gasteiger partial charge in [-0.2, -0.15) is 0 Å². The van der Waals surface area contributed by atoms with Crippen molar-refractivity contribution in [1.29, 1.82) is 0 Å². The molecule has 0 fully saturated rings. The second-order valence-electron chi connectivity index (χ2n) is 4.87. The highest BCUT2D eigenvalue weighted by Crippen LogP contribution is 2.21. The number of hydrogen-bond donors (Lipinski definition) is 1. The van der Waals surface area contributed by atoms with Crippen LogP contribution < -0.4 is 0 Å². The summed E-state index contributed by atoms with van der Waals surface area (Å²) < 4.78 is 0. The van der Waals surface area contributed by atoms with Gasteiger partial charge in [0.15, 0.2) is 0 Å². The monoisotopic (exact) mass is 276 g/mol. The Labute approximate surface area is 118 Å². The number of carbonyl (C=O) groups is 2. The second kappa shape index (κ2) is 6.63. The molecule has 0 aliphatic carbocycles. The molecule has 0 saturated carbocycles. The molecule has 0 atom stereocenters. The zero-order chi connectivity index (χ0) is 14.5. The molecule has 0 spiro atoms. The van der Waals surface area contributed by atoms with Crippen molar-refractivity contribution in [3.8, 4) is 0 Å². The first-order chi connectivity index (χ1) is 9.69. The number of hydrogen-bond acceptors (Lipinski definition) is 4. The third kappa shape index (κ3) is 2.89. The first-order valence-corrected chi connectivity index (χ1v) is 6.97. The Kier molecular flexibility index (Phi) is 4.87. The lowest BCUT2D eigenvalue weighted by Crippen LogP contribution is -2.39. The number of carbonyl (C=O) groups excluding carboxylic acids is 2. The van der Waals surface area contributed by atoms with E-state index in [4.69, 9.17) is 5.11 Å². The largest absolute Gasteiger partial charge is 0.395 e.